The predicted molar refractivity (Wildman–Crippen MR) is 135 cm³/mol. The van der Waals surface area contributed by atoms with Gasteiger partial charge in [0.15, 0.2) is 17.3 Å². The van der Waals surface area contributed by atoms with Crippen LogP contribution < -0.4 is 14.2 Å². The van der Waals surface area contributed by atoms with Crippen LogP contribution in [0.1, 0.15) is 55.6 Å². The Bertz CT molecular complexity index is 1400. The van der Waals surface area contributed by atoms with Gasteiger partial charge in [0.05, 0.1) is 12.1 Å². The number of aryl methyl sites for hydroxylation is 1. The van der Waals surface area contributed by atoms with Crippen molar-refractivity contribution in [2.24, 2.45) is 0 Å². The number of nitrogens with one attached hydrogen (secondary N) is 1. The minimum Gasteiger partial charge on any atom is -0.493 e. The Morgan fingerprint density at radius 2 is 1.50 bits per heavy atom. The molecule has 0 fully saturated rings. The topological polar surface area (TPSA) is 98.8 Å². The highest BCUT2D eigenvalue weighted by Crippen LogP contribution is 2.48. The van der Waals surface area contributed by atoms with E-state index in [0.29, 0.717) is 29.6 Å². The molecule has 2 aromatic rings. The summed E-state index contributed by atoms with van der Waals surface area (Å²) in [5.74, 6) is -0.647. The number of rotatable bonds is 5. The van der Waals surface area contributed by atoms with E-state index >= 15 is 0 Å². The van der Waals surface area contributed by atoms with Gasteiger partial charge in [0, 0.05) is 41.3 Å². The number of ether oxygens (including phenoxy) is 1. The van der Waals surface area contributed by atoms with Gasteiger partial charge in [0.2, 0.25) is 5.75 Å². The number of methoxy groups -OCH3 is 1. The molecule has 7 nitrogen and oxygen atoms in total. The number of carbonyl (C=O) groups is 2. The smallest absolute Gasteiger partial charge is 0.339 e. The molecule has 36 heavy (non-hydrogen) atoms. The van der Waals surface area contributed by atoms with Crippen LogP contribution in [-0.4, -0.2) is 27.1 Å². The van der Waals surface area contributed by atoms with E-state index in [2.05, 4.69) is 5.32 Å². The molecule has 1 N–H and O–H groups in total. The summed E-state index contributed by atoms with van der Waals surface area (Å²) in [5.41, 5.74) is 4.35. The summed E-state index contributed by atoms with van der Waals surface area (Å²) in [6.45, 7) is 1.85. The summed E-state index contributed by atoms with van der Waals surface area (Å²) in [6, 6.07) is 9.45. The standard InChI is InChI=1S/C27H26ClNO6S/c1-15-9-11-17(12-10-15)36(32,33)35-27-18(28)13-16(14-23(27)34-2)24-25-19(5-3-7-21(25)30)29-20-6-4-8-22(31)26(20)24/h9-14,24,29H,3-8H2,1-2H3. The molecule has 3 aliphatic rings. The van der Waals surface area contributed by atoms with E-state index in [9.17, 15) is 18.0 Å². The van der Waals surface area contributed by atoms with Crippen LogP contribution in [-0.2, 0) is 19.7 Å². The lowest BCUT2D eigenvalue weighted by Gasteiger charge is -2.37. The van der Waals surface area contributed by atoms with Crippen molar-refractivity contribution in [2.45, 2.75) is 56.3 Å². The van der Waals surface area contributed by atoms with Gasteiger partial charge in [-0.15, -0.1) is 0 Å². The molecule has 0 saturated carbocycles. The number of allylic oxidation sites excluding steroid dienone is 4. The number of ketones is 2. The van der Waals surface area contributed by atoms with Crippen LogP contribution in [0.5, 0.6) is 11.5 Å². The van der Waals surface area contributed by atoms with Gasteiger partial charge in [-0.05, 0) is 62.4 Å². The summed E-state index contributed by atoms with van der Waals surface area (Å²) >= 11 is 6.59. The molecule has 1 aliphatic heterocycles. The van der Waals surface area contributed by atoms with E-state index in [1.165, 1.54) is 19.2 Å². The molecule has 1 heterocycles. The summed E-state index contributed by atoms with van der Waals surface area (Å²) in [4.78, 5) is 26.1. The van der Waals surface area contributed by atoms with Crippen molar-refractivity contribution in [3.8, 4) is 11.5 Å². The van der Waals surface area contributed by atoms with E-state index in [0.717, 1.165) is 42.6 Å². The summed E-state index contributed by atoms with van der Waals surface area (Å²) < 4.78 is 36.8. The molecule has 188 valence electrons. The first-order chi connectivity index (χ1) is 17.2. The first-order valence-electron chi connectivity index (χ1n) is 11.9. The Morgan fingerprint density at radius 1 is 0.917 bits per heavy atom. The fraction of sp³-hybridized carbons (Fsp3) is 0.333. The van der Waals surface area contributed by atoms with Gasteiger partial charge in [-0.1, -0.05) is 29.3 Å². The number of hydrogen-bond acceptors (Lipinski definition) is 7. The van der Waals surface area contributed by atoms with Crippen molar-refractivity contribution in [1.82, 2.24) is 5.32 Å². The molecule has 0 atom stereocenters. The monoisotopic (exact) mass is 527 g/mol. The van der Waals surface area contributed by atoms with Crippen LogP contribution in [0.3, 0.4) is 0 Å². The van der Waals surface area contributed by atoms with Gasteiger partial charge in [0.1, 0.15) is 4.90 Å². The van der Waals surface area contributed by atoms with Crippen LogP contribution in [0.4, 0.5) is 0 Å². The lowest BCUT2D eigenvalue weighted by atomic mass is 9.71. The number of carbonyl (C=O) groups excluding carboxylic acids is 2. The highest BCUT2D eigenvalue weighted by atomic mass is 35.5. The van der Waals surface area contributed by atoms with Crippen molar-refractivity contribution in [1.29, 1.82) is 0 Å². The molecule has 0 unspecified atom stereocenters. The molecular weight excluding hydrogens is 502 g/mol. The maximum Gasteiger partial charge on any atom is 0.339 e. The Kier molecular flexibility index (Phi) is 6.43. The lowest BCUT2D eigenvalue weighted by Crippen LogP contribution is -2.36. The largest absolute Gasteiger partial charge is 0.493 e. The highest BCUT2D eigenvalue weighted by Gasteiger charge is 2.41. The van der Waals surface area contributed by atoms with Crippen molar-refractivity contribution in [3.63, 3.8) is 0 Å². The van der Waals surface area contributed by atoms with Crippen LogP contribution in [0.2, 0.25) is 5.02 Å². The van der Waals surface area contributed by atoms with Gasteiger partial charge in [-0.3, -0.25) is 9.59 Å². The molecule has 0 radical (unpaired) electrons. The molecule has 2 aliphatic carbocycles. The SMILES string of the molecule is COc1cc(C2C3=C(CCCC3=O)NC3=C2C(=O)CCC3)cc(Cl)c1OS(=O)(=O)c1ccc(C)cc1. The third-order valence-electron chi connectivity index (χ3n) is 6.88. The van der Waals surface area contributed by atoms with E-state index in [1.54, 1.807) is 24.3 Å². The quantitative estimate of drug-likeness (QED) is 0.538. The van der Waals surface area contributed by atoms with E-state index in [1.807, 2.05) is 6.92 Å². The summed E-state index contributed by atoms with van der Waals surface area (Å²) in [5, 5.41) is 3.38. The number of halogens is 1. The number of Topliss-reactive ketones (excluding diaryl/α,β-unsaturated/α-hetero) is 2. The van der Waals surface area contributed by atoms with Gasteiger partial charge >= 0.3 is 10.1 Å². The van der Waals surface area contributed by atoms with Crippen molar-refractivity contribution >= 4 is 33.3 Å². The minimum absolute atomic E-state index is 0.00367. The summed E-state index contributed by atoms with van der Waals surface area (Å²) in [6.07, 6.45) is 3.78. The predicted octanol–water partition coefficient (Wildman–Crippen LogP) is 5.13. The third-order valence-corrected chi connectivity index (χ3v) is 8.40. The molecular formula is C27H26ClNO6S. The Balaban J connectivity index is 1.61. The Labute approximate surface area is 215 Å². The van der Waals surface area contributed by atoms with Crippen LogP contribution in [0.25, 0.3) is 0 Å². The maximum absolute atomic E-state index is 13.1. The van der Waals surface area contributed by atoms with E-state index in [4.69, 9.17) is 20.5 Å². The second kappa shape index (κ2) is 9.41. The zero-order valence-corrected chi connectivity index (χ0v) is 21.6. The fourth-order valence-corrected chi connectivity index (χ4v) is 6.43. The number of benzene rings is 2. The second-order valence-electron chi connectivity index (χ2n) is 9.28. The van der Waals surface area contributed by atoms with Gasteiger partial charge < -0.3 is 14.2 Å². The number of dihydropyridines is 1. The molecule has 0 spiro atoms. The maximum atomic E-state index is 13.1. The van der Waals surface area contributed by atoms with Crippen LogP contribution in [0, 0.1) is 6.92 Å². The van der Waals surface area contributed by atoms with Crippen LogP contribution in [0.15, 0.2) is 63.8 Å². The molecule has 0 aromatic heterocycles. The average Bonchev–Trinajstić information content (AvgIpc) is 2.84. The van der Waals surface area contributed by atoms with Crippen molar-refractivity contribution < 1.29 is 26.9 Å². The molecule has 5 rings (SSSR count). The molecule has 0 bridgehead atoms. The van der Waals surface area contributed by atoms with Crippen molar-refractivity contribution in [3.05, 3.63) is 75.1 Å². The molecule has 9 heteroatoms. The minimum atomic E-state index is -4.18. The zero-order valence-electron chi connectivity index (χ0n) is 20.0. The fourth-order valence-electron chi connectivity index (χ4n) is 5.17. The van der Waals surface area contributed by atoms with Gasteiger partial charge in [0.25, 0.3) is 0 Å². The van der Waals surface area contributed by atoms with Gasteiger partial charge in [-0.2, -0.15) is 8.42 Å². The van der Waals surface area contributed by atoms with E-state index < -0.39 is 16.0 Å². The van der Waals surface area contributed by atoms with Crippen molar-refractivity contribution in [2.75, 3.05) is 7.11 Å². The van der Waals surface area contributed by atoms with Crippen LogP contribution >= 0.6 is 11.6 Å². The Hall–Kier alpha value is -3.10. The first-order valence-corrected chi connectivity index (χ1v) is 13.7. The third kappa shape index (κ3) is 4.33. The molecule has 0 saturated heterocycles. The van der Waals surface area contributed by atoms with E-state index in [-0.39, 0.29) is 33.0 Å². The number of hydrogen-bond donors (Lipinski definition) is 1. The molecule has 2 aromatic carbocycles. The average molecular weight is 528 g/mol. The van der Waals surface area contributed by atoms with Gasteiger partial charge in [-0.25, -0.2) is 0 Å². The summed E-state index contributed by atoms with van der Waals surface area (Å²) in [7, 11) is -2.79. The lowest BCUT2D eigenvalue weighted by molar-refractivity contribution is -0.117. The second-order valence-corrected chi connectivity index (χ2v) is 11.2. The normalized spacial score (nSPS) is 18.5. The zero-order chi connectivity index (χ0) is 25.6. The highest BCUT2D eigenvalue weighted by molar-refractivity contribution is 7.87. The Morgan fingerprint density at radius 3 is 2.06 bits per heavy atom. The first kappa shape index (κ1) is 24.6. The molecule has 0 amide bonds.